The Kier molecular flexibility index (Phi) is 5.07. The first-order valence-corrected chi connectivity index (χ1v) is 4.09. The topological polar surface area (TPSA) is 57.5 Å². The van der Waals surface area contributed by atoms with E-state index in [1.807, 2.05) is 0 Å². The van der Waals surface area contributed by atoms with Crippen LogP contribution in [0.5, 0.6) is 11.5 Å². The first-order chi connectivity index (χ1) is 6.49. The normalized spacial score (nSPS) is 8.43. The second-order valence-electron chi connectivity index (χ2n) is 2.83. The summed E-state index contributed by atoms with van der Waals surface area (Å²) in [6.45, 7) is 6.52. The van der Waals surface area contributed by atoms with Gasteiger partial charge >= 0.3 is 0 Å². The zero-order chi connectivity index (χ0) is 11.1. The Balaban J connectivity index is 0.000000364. The minimum atomic E-state index is -0.114. The number of hydrogen-bond acceptors (Lipinski definition) is 3. The van der Waals surface area contributed by atoms with Gasteiger partial charge in [0.2, 0.25) is 0 Å². The maximum Gasteiger partial charge on any atom is 0.164 e. The molecule has 1 rings (SSSR count). The predicted molar refractivity (Wildman–Crippen MR) is 56.2 cm³/mol. The van der Waals surface area contributed by atoms with Crippen LogP contribution in [0.4, 0.5) is 0 Å². The molecule has 0 radical (unpaired) electrons. The van der Waals surface area contributed by atoms with Crippen LogP contribution >= 0.6 is 0 Å². The van der Waals surface area contributed by atoms with Crippen molar-refractivity contribution in [3.05, 3.63) is 30.3 Å². The van der Waals surface area contributed by atoms with Crippen LogP contribution in [0.2, 0.25) is 0 Å². The molecule has 0 unspecified atom stereocenters. The predicted octanol–water partition coefficient (Wildman–Crippen LogP) is 2.34. The van der Waals surface area contributed by atoms with E-state index in [2.05, 4.69) is 6.58 Å². The molecule has 0 aliphatic carbocycles. The van der Waals surface area contributed by atoms with Crippen molar-refractivity contribution in [3.63, 3.8) is 0 Å². The van der Waals surface area contributed by atoms with Gasteiger partial charge in [-0.25, -0.2) is 0 Å². The molecular formula is C11H14O3. The quantitative estimate of drug-likeness (QED) is 0.674. The summed E-state index contributed by atoms with van der Waals surface area (Å²) < 4.78 is 0. The second kappa shape index (κ2) is 5.80. The third kappa shape index (κ3) is 4.30. The molecule has 1 aromatic carbocycles. The average molecular weight is 194 g/mol. The Labute approximate surface area is 83.3 Å². The van der Waals surface area contributed by atoms with E-state index in [1.54, 1.807) is 12.1 Å². The first-order valence-electron chi connectivity index (χ1n) is 4.09. The number of ketones is 1. The lowest BCUT2D eigenvalue weighted by molar-refractivity contribution is -0.114. The summed E-state index contributed by atoms with van der Waals surface area (Å²) in [6, 6.07) is 4.73. The Morgan fingerprint density at radius 2 is 1.86 bits per heavy atom. The van der Waals surface area contributed by atoms with Crippen molar-refractivity contribution in [2.45, 2.75) is 13.8 Å². The van der Waals surface area contributed by atoms with E-state index < -0.39 is 0 Å². The monoisotopic (exact) mass is 194 g/mol. The zero-order valence-electron chi connectivity index (χ0n) is 8.32. The summed E-state index contributed by atoms with van der Waals surface area (Å²) in [5.74, 6) is -0.0603. The highest BCUT2D eigenvalue weighted by molar-refractivity contribution is 5.72. The number of para-hydroxylation sites is 1. The maximum absolute atomic E-state index is 9.44. The van der Waals surface area contributed by atoms with Crippen LogP contribution in [0.3, 0.4) is 0 Å². The van der Waals surface area contributed by atoms with Gasteiger partial charge in [-0.3, -0.25) is 0 Å². The van der Waals surface area contributed by atoms with Gasteiger partial charge < -0.3 is 15.0 Å². The van der Waals surface area contributed by atoms with Gasteiger partial charge in [0.05, 0.1) is 0 Å². The van der Waals surface area contributed by atoms with E-state index in [4.69, 9.17) is 10.2 Å². The van der Waals surface area contributed by atoms with E-state index >= 15 is 0 Å². The maximum atomic E-state index is 9.44. The molecule has 0 saturated carbocycles. The summed E-state index contributed by atoms with van der Waals surface area (Å²) in [7, 11) is 0. The molecule has 0 heterocycles. The van der Waals surface area contributed by atoms with Gasteiger partial charge in [0, 0.05) is 5.56 Å². The van der Waals surface area contributed by atoms with Gasteiger partial charge in [-0.05, 0) is 19.9 Å². The Morgan fingerprint density at radius 3 is 2.21 bits per heavy atom. The molecule has 1 aromatic rings. The molecule has 0 amide bonds. The molecule has 0 fully saturated rings. The molecule has 0 aliphatic heterocycles. The lowest BCUT2D eigenvalue weighted by Gasteiger charge is -1.98. The third-order valence-corrected chi connectivity index (χ3v) is 1.27. The van der Waals surface area contributed by atoms with Gasteiger partial charge in [-0.2, -0.15) is 0 Å². The molecule has 3 heteroatoms. The van der Waals surface area contributed by atoms with Gasteiger partial charge in [-0.15, -0.1) is 0 Å². The molecule has 14 heavy (non-hydrogen) atoms. The molecule has 0 saturated heterocycles. The van der Waals surface area contributed by atoms with Gasteiger partial charge in [0.15, 0.2) is 11.5 Å². The largest absolute Gasteiger partial charge is 0.504 e. The molecule has 0 spiro atoms. The fourth-order valence-electron chi connectivity index (χ4n) is 0.713. The Bertz CT molecular complexity index is 325. The summed E-state index contributed by atoms with van der Waals surface area (Å²) in [5, 5.41) is 18.0. The number of carbonyl (C=O) groups is 1. The fourth-order valence-corrected chi connectivity index (χ4v) is 0.713. The summed E-state index contributed by atoms with van der Waals surface area (Å²) in [4.78, 5) is 9.44. The second-order valence-corrected chi connectivity index (χ2v) is 2.83. The fraction of sp³-hybridized carbons (Fsp3) is 0.182. The number of hydrogen-bond donors (Lipinski definition) is 2. The standard InChI is InChI=1S/C8H8O2.C3H6O/c1-2-6-4-3-5-7(9)8(6)10;1-3(2)4/h2-5,9-10H,1H2;1-2H3. The molecule has 0 aliphatic rings. The van der Waals surface area contributed by atoms with Crippen LogP contribution < -0.4 is 0 Å². The summed E-state index contributed by atoms with van der Waals surface area (Å²) in [5.41, 5.74) is 0.542. The summed E-state index contributed by atoms with van der Waals surface area (Å²) >= 11 is 0. The van der Waals surface area contributed by atoms with Crippen LogP contribution in [-0.2, 0) is 4.79 Å². The van der Waals surface area contributed by atoms with Gasteiger partial charge in [-0.1, -0.05) is 24.8 Å². The minimum absolute atomic E-state index is 0.113. The van der Waals surface area contributed by atoms with Crippen molar-refractivity contribution in [2.24, 2.45) is 0 Å². The average Bonchev–Trinajstić information content (AvgIpc) is 2.09. The molecule has 2 N–H and O–H groups in total. The third-order valence-electron chi connectivity index (χ3n) is 1.27. The zero-order valence-corrected chi connectivity index (χ0v) is 8.32. The molecular weight excluding hydrogens is 180 g/mol. The highest BCUT2D eigenvalue weighted by Crippen LogP contribution is 2.28. The highest BCUT2D eigenvalue weighted by Gasteiger charge is 1.99. The van der Waals surface area contributed by atoms with Crippen molar-refractivity contribution in [1.29, 1.82) is 0 Å². The van der Waals surface area contributed by atoms with E-state index in [1.165, 1.54) is 26.0 Å². The highest BCUT2D eigenvalue weighted by atomic mass is 16.3. The Morgan fingerprint density at radius 1 is 1.36 bits per heavy atom. The Hall–Kier alpha value is -1.77. The molecule has 0 atom stereocenters. The van der Waals surface area contributed by atoms with E-state index in [-0.39, 0.29) is 17.3 Å². The van der Waals surface area contributed by atoms with E-state index in [0.717, 1.165) is 0 Å². The SMILES string of the molecule is C=Cc1cccc(O)c1O.CC(C)=O. The number of phenolic OH excluding ortho intramolecular Hbond substituents is 2. The lowest BCUT2D eigenvalue weighted by Crippen LogP contribution is -1.73. The van der Waals surface area contributed by atoms with Crippen molar-refractivity contribution >= 4 is 11.9 Å². The van der Waals surface area contributed by atoms with E-state index in [9.17, 15) is 4.79 Å². The first kappa shape index (κ1) is 12.2. The molecule has 3 nitrogen and oxygen atoms in total. The molecule has 76 valence electrons. The van der Waals surface area contributed by atoms with Gasteiger partial charge in [0.25, 0.3) is 0 Å². The van der Waals surface area contributed by atoms with Crippen LogP contribution in [0.25, 0.3) is 6.08 Å². The van der Waals surface area contributed by atoms with Crippen molar-refractivity contribution in [2.75, 3.05) is 0 Å². The van der Waals surface area contributed by atoms with Crippen LogP contribution in [0.1, 0.15) is 19.4 Å². The number of phenols is 2. The summed E-state index contributed by atoms with van der Waals surface area (Å²) in [6.07, 6.45) is 1.48. The number of aromatic hydroxyl groups is 2. The van der Waals surface area contributed by atoms with Crippen LogP contribution in [-0.4, -0.2) is 16.0 Å². The van der Waals surface area contributed by atoms with Crippen LogP contribution in [0, 0.1) is 0 Å². The number of rotatable bonds is 1. The van der Waals surface area contributed by atoms with Crippen molar-refractivity contribution < 1.29 is 15.0 Å². The van der Waals surface area contributed by atoms with Crippen molar-refractivity contribution in [3.8, 4) is 11.5 Å². The molecule has 0 aromatic heterocycles. The molecule has 0 bridgehead atoms. The lowest BCUT2D eigenvalue weighted by atomic mass is 10.2. The smallest absolute Gasteiger partial charge is 0.164 e. The van der Waals surface area contributed by atoms with Crippen molar-refractivity contribution in [1.82, 2.24) is 0 Å². The van der Waals surface area contributed by atoms with E-state index in [0.29, 0.717) is 5.56 Å². The van der Waals surface area contributed by atoms with Crippen LogP contribution in [0.15, 0.2) is 24.8 Å². The number of benzene rings is 1. The minimum Gasteiger partial charge on any atom is -0.504 e. The number of Topliss-reactive ketones (excluding diaryl/α,β-unsaturated/α-hetero) is 1. The van der Waals surface area contributed by atoms with Gasteiger partial charge in [0.1, 0.15) is 5.78 Å². The number of carbonyl (C=O) groups excluding carboxylic acids is 1.